The fourth-order valence-corrected chi connectivity index (χ4v) is 2.55. The smallest absolute Gasteiger partial charge is 0.285 e. The first-order valence-electron chi connectivity index (χ1n) is 6.46. The van der Waals surface area contributed by atoms with E-state index in [-0.39, 0.29) is 5.91 Å². The maximum atomic E-state index is 11.9. The van der Waals surface area contributed by atoms with Crippen LogP contribution in [0.25, 0.3) is 10.9 Å². The van der Waals surface area contributed by atoms with Crippen molar-refractivity contribution in [1.82, 2.24) is 20.0 Å². The fraction of sp³-hybridized carbons (Fsp3) is 0.143. The minimum absolute atomic E-state index is 0.318. The number of ether oxygens (including phenoxy) is 1. The van der Waals surface area contributed by atoms with E-state index < -0.39 is 0 Å². The van der Waals surface area contributed by atoms with Crippen molar-refractivity contribution >= 4 is 34.6 Å². The lowest BCUT2D eigenvalue weighted by atomic mass is 10.2. The Hall–Kier alpha value is -2.74. The van der Waals surface area contributed by atoms with E-state index in [9.17, 15) is 4.79 Å². The van der Waals surface area contributed by atoms with Crippen molar-refractivity contribution in [3.8, 4) is 5.75 Å². The number of nitrogens with zero attached hydrogens (tertiary/aromatic N) is 3. The number of hydrogen-bond acceptors (Lipinski definition) is 6. The van der Waals surface area contributed by atoms with Gasteiger partial charge in [-0.15, -0.1) is 5.10 Å². The molecule has 1 amide bonds. The molecule has 0 bridgehead atoms. The molecule has 0 fully saturated rings. The number of aromatic amines is 1. The molecule has 0 unspecified atom stereocenters. The number of H-pyrrole nitrogens is 1. The lowest BCUT2D eigenvalue weighted by molar-refractivity contribution is 0.0958. The molecule has 2 heterocycles. The number of carbonyl (C=O) groups is 1. The van der Waals surface area contributed by atoms with Crippen LogP contribution in [0.4, 0.5) is 0 Å². The number of hydrazone groups is 1. The second-order valence-electron chi connectivity index (χ2n) is 4.54. The Kier molecular flexibility index (Phi) is 3.84. The molecular formula is C14H13N5O2S. The molecule has 0 radical (unpaired) electrons. The molecule has 2 aromatic heterocycles. The van der Waals surface area contributed by atoms with Crippen LogP contribution in [0, 0.1) is 6.92 Å². The van der Waals surface area contributed by atoms with Crippen LogP contribution in [0.15, 0.2) is 29.5 Å². The highest BCUT2D eigenvalue weighted by Crippen LogP contribution is 2.22. The number of methoxy groups -OCH3 is 1. The van der Waals surface area contributed by atoms with Gasteiger partial charge in [0.05, 0.1) is 19.0 Å². The van der Waals surface area contributed by atoms with Crippen LogP contribution in [0.3, 0.4) is 0 Å². The third-order valence-electron chi connectivity index (χ3n) is 3.15. The number of fused-ring (bicyclic) bond motifs is 1. The SMILES string of the molecule is COc1ccc2[nH]cc(/C=N\NC(=O)c3snnc3C)c2c1. The average Bonchev–Trinajstić information content (AvgIpc) is 3.13. The van der Waals surface area contributed by atoms with Crippen molar-refractivity contribution in [2.45, 2.75) is 6.92 Å². The van der Waals surface area contributed by atoms with Crippen LogP contribution in [0.5, 0.6) is 5.75 Å². The number of amides is 1. The van der Waals surface area contributed by atoms with Crippen LogP contribution in [-0.4, -0.2) is 33.8 Å². The van der Waals surface area contributed by atoms with Gasteiger partial charge in [-0.2, -0.15) is 5.10 Å². The van der Waals surface area contributed by atoms with Crippen LogP contribution in [-0.2, 0) is 0 Å². The van der Waals surface area contributed by atoms with Gasteiger partial charge in [-0.25, -0.2) is 5.43 Å². The van der Waals surface area contributed by atoms with Crippen LogP contribution < -0.4 is 10.2 Å². The fourth-order valence-electron chi connectivity index (χ4n) is 2.01. The summed E-state index contributed by atoms with van der Waals surface area (Å²) >= 11 is 1.04. The summed E-state index contributed by atoms with van der Waals surface area (Å²) in [6.07, 6.45) is 3.40. The summed E-state index contributed by atoms with van der Waals surface area (Å²) in [6.45, 7) is 1.73. The normalized spacial score (nSPS) is 11.2. The summed E-state index contributed by atoms with van der Waals surface area (Å²) in [5.74, 6) is 0.443. The molecule has 1 aromatic carbocycles. The molecule has 22 heavy (non-hydrogen) atoms. The topological polar surface area (TPSA) is 92.3 Å². The van der Waals surface area contributed by atoms with Gasteiger partial charge in [0.2, 0.25) is 0 Å². The molecule has 3 aromatic rings. The summed E-state index contributed by atoms with van der Waals surface area (Å²) in [4.78, 5) is 15.5. The lowest BCUT2D eigenvalue weighted by Crippen LogP contribution is -2.17. The van der Waals surface area contributed by atoms with E-state index in [1.165, 1.54) is 0 Å². The summed E-state index contributed by atoms with van der Waals surface area (Å²) < 4.78 is 8.93. The molecule has 0 aliphatic heterocycles. The van der Waals surface area contributed by atoms with Gasteiger partial charge < -0.3 is 9.72 Å². The molecular weight excluding hydrogens is 302 g/mol. The molecule has 0 saturated heterocycles. The van der Waals surface area contributed by atoms with Crippen LogP contribution in [0.2, 0.25) is 0 Å². The first-order chi connectivity index (χ1) is 10.7. The predicted molar refractivity (Wildman–Crippen MR) is 84.6 cm³/mol. The van der Waals surface area contributed by atoms with Gasteiger partial charge in [-0.3, -0.25) is 4.79 Å². The van der Waals surface area contributed by atoms with Crippen molar-refractivity contribution in [2.75, 3.05) is 7.11 Å². The van der Waals surface area contributed by atoms with Crippen molar-refractivity contribution in [3.63, 3.8) is 0 Å². The molecule has 2 N–H and O–H groups in total. The summed E-state index contributed by atoms with van der Waals surface area (Å²) in [6, 6.07) is 5.71. The van der Waals surface area contributed by atoms with Gasteiger partial charge in [0, 0.05) is 22.7 Å². The van der Waals surface area contributed by atoms with Crippen LogP contribution in [0.1, 0.15) is 20.9 Å². The van der Waals surface area contributed by atoms with Crippen molar-refractivity contribution in [3.05, 3.63) is 40.5 Å². The first-order valence-corrected chi connectivity index (χ1v) is 7.24. The molecule has 0 aliphatic rings. The van der Waals surface area contributed by atoms with E-state index >= 15 is 0 Å². The van der Waals surface area contributed by atoms with Crippen molar-refractivity contribution < 1.29 is 9.53 Å². The lowest BCUT2D eigenvalue weighted by Gasteiger charge is -1.99. The molecule has 3 rings (SSSR count). The highest BCUT2D eigenvalue weighted by atomic mass is 32.1. The minimum atomic E-state index is -0.318. The number of aromatic nitrogens is 3. The van der Waals surface area contributed by atoms with Gasteiger partial charge in [0.25, 0.3) is 5.91 Å². The first kappa shape index (κ1) is 14.2. The number of nitrogens with one attached hydrogen (secondary N) is 2. The predicted octanol–water partition coefficient (Wildman–Crippen LogP) is 2.10. The quantitative estimate of drug-likeness (QED) is 0.569. The number of carbonyl (C=O) groups excluding carboxylic acids is 1. The summed E-state index contributed by atoms with van der Waals surface area (Å²) in [5, 5.41) is 8.74. The van der Waals surface area contributed by atoms with Gasteiger partial charge >= 0.3 is 0 Å². The molecule has 112 valence electrons. The molecule has 0 aliphatic carbocycles. The average molecular weight is 315 g/mol. The van der Waals surface area contributed by atoms with E-state index in [4.69, 9.17) is 4.74 Å². The van der Waals surface area contributed by atoms with E-state index in [1.807, 2.05) is 24.4 Å². The Morgan fingerprint density at radius 2 is 2.36 bits per heavy atom. The van der Waals surface area contributed by atoms with E-state index in [0.29, 0.717) is 10.6 Å². The molecule has 0 saturated carbocycles. The molecule has 8 heteroatoms. The Morgan fingerprint density at radius 1 is 1.50 bits per heavy atom. The van der Waals surface area contributed by atoms with Gasteiger partial charge in [0.15, 0.2) is 0 Å². The van der Waals surface area contributed by atoms with E-state index in [1.54, 1.807) is 20.2 Å². The molecule has 0 spiro atoms. The number of aryl methyl sites for hydroxylation is 1. The minimum Gasteiger partial charge on any atom is -0.497 e. The summed E-state index contributed by atoms with van der Waals surface area (Å²) in [5.41, 5.74) is 4.89. The Labute approximate surface area is 130 Å². The van der Waals surface area contributed by atoms with Gasteiger partial charge in [0.1, 0.15) is 10.6 Å². The maximum Gasteiger partial charge on any atom is 0.285 e. The molecule has 0 atom stereocenters. The third-order valence-corrected chi connectivity index (χ3v) is 3.98. The third kappa shape index (κ3) is 2.68. The zero-order valence-electron chi connectivity index (χ0n) is 12.0. The van der Waals surface area contributed by atoms with E-state index in [2.05, 4.69) is 25.1 Å². The highest BCUT2D eigenvalue weighted by molar-refractivity contribution is 7.07. The number of rotatable bonds is 4. The largest absolute Gasteiger partial charge is 0.497 e. The van der Waals surface area contributed by atoms with Gasteiger partial charge in [-0.05, 0) is 36.7 Å². The second-order valence-corrected chi connectivity index (χ2v) is 5.30. The Morgan fingerprint density at radius 3 is 3.09 bits per heavy atom. The summed E-state index contributed by atoms with van der Waals surface area (Å²) in [7, 11) is 1.62. The zero-order valence-corrected chi connectivity index (χ0v) is 12.8. The Bertz CT molecular complexity index is 852. The molecule has 7 nitrogen and oxygen atoms in total. The standard InChI is InChI=1S/C14H13N5O2S/c1-8-13(22-19-17-8)14(20)18-16-7-9-6-15-12-4-3-10(21-2)5-11(9)12/h3-7,15H,1-2H3,(H,18,20)/b16-7-. The maximum absolute atomic E-state index is 11.9. The van der Waals surface area contributed by atoms with Crippen molar-refractivity contribution in [1.29, 1.82) is 0 Å². The van der Waals surface area contributed by atoms with Crippen molar-refractivity contribution in [2.24, 2.45) is 5.10 Å². The monoisotopic (exact) mass is 315 g/mol. The zero-order chi connectivity index (χ0) is 15.5. The Balaban J connectivity index is 1.78. The number of hydrogen-bond donors (Lipinski definition) is 2. The number of benzene rings is 1. The van der Waals surface area contributed by atoms with Gasteiger partial charge in [-0.1, -0.05) is 4.49 Å². The highest BCUT2D eigenvalue weighted by Gasteiger charge is 2.12. The van der Waals surface area contributed by atoms with Crippen LogP contribution >= 0.6 is 11.5 Å². The second kappa shape index (κ2) is 5.94. The van der Waals surface area contributed by atoms with E-state index in [0.717, 1.165) is 33.7 Å².